The fourth-order valence-corrected chi connectivity index (χ4v) is 2.61. The van der Waals surface area contributed by atoms with Crippen molar-refractivity contribution < 1.29 is 4.74 Å². The molecule has 0 saturated carbocycles. The summed E-state index contributed by atoms with van der Waals surface area (Å²) in [5.74, 6) is 0. The lowest BCUT2D eigenvalue weighted by molar-refractivity contribution is 0.160. The first kappa shape index (κ1) is 11.9. The molecule has 0 spiro atoms. The molecule has 1 aliphatic rings. The van der Waals surface area contributed by atoms with Crippen LogP contribution in [0.5, 0.6) is 0 Å². The lowest BCUT2D eigenvalue weighted by Gasteiger charge is -2.21. The lowest BCUT2D eigenvalue weighted by Crippen LogP contribution is -2.15. The van der Waals surface area contributed by atoms with E-state index in [1.807, 2.05) is 6.20 Å². The van der Waals surface area contributed by atoms with E-state index in [2.05, 4.69) is 45.6 Å². The highest BCUT2D eigenvalue weighted by Gasteiger charge is 2.18. The smallest absolute Gasteiger partial charge is 0.0737 e. The van der Waals surface area contributed by atoms with Crippen LogP contribution in [-0.2, 0) is 4.74 Å². The molecule has 1 aromatic heterocycles. The second kappa shape index (κ2) is 5.15. The minimum Gasteiger partial charge on any atom is -0.376 e. The fourth-order valence-electron chi connectivity index (χ4n) is 1.99. The maximum atomic E-state index is 5.55. The summed E-state index contributed by atoms with van der Waals surface area (Å²) in [6, 6.07) is 2.46. The highest BCUT2D eigenvalue weighted by molar-refractivity contribution is 9.09. The number of nitrogens with zero attached hydrogens (tertiary/aromatic N) is 2. The summed E-state index contributed by atoms with van der Waals surface area (Å²) in [6.45, 7) is 5.84. The molecule has 1 aliphatic heterocycles. The summed E-state index contributed by atoms with van der Waals surface area (Å²) in [5.41, 5.74) is 3.94. The van der Waals surface area contributed by atoms with Crippen LogP contribution in [-0.4, -0.2) is 28.3 Å². The van der Waals surface area contributed by atoms with Crippen molar-refractivity contribution in [2.24, 2.45) is 0 Å². The third kappa shape index (κ3) is 2.23. The summed E-state index contributed by atoms with van der Waals surface area (Å²) < 4.78 is 7.62. The molecule has 0 unspecified atom stereocenters. The van der Waals surface area contributed by atoms with Gasteiger partial charge in [0.2, 0.25) is 0 Å². The molecule has 2 rings (SSSR count). The topological polar surface area (TPSA) is 27.1 Å². The maximum Gasteiger partial charge on any atom is 0.0737 e. The number of hydrogen-bond donors (Lipinski definition) is 0. The van der Waals surface area contributed by atoms with Gasteiger partial charge in [-0.1, -0.05) is 15.9 Å². The van der Waals surface area contributed by atoms with Crippen LogP contribution in [0.15, 0.2) is 17.8 Å². The van der Waals surface area contributed by atoms with Crippen LogP contribution in [0, 0.1) is 0 Å². The first-order chi connectivity index (χ1) is 7.74. The fraction of sp³-hybridized carbons (Fsp3) is 0.583. The molecular formula is C12H17BrN2O. The molecule has 2 heterocycles. The Morgan fingerprint density at radius 3 is 3.06 bits per heavy atom. The van der Waals surface area contributed by atoms with Crippen LogP contribution < -0.4 is 0 Å². The predicted molar refractivity (Wildman–Crippen MR) is 68.8 cm³/mol. The van der Waals surface area contributed by atoms with E-state index in [-0.39, 0.29) is 0 Å². The minimum atomic E-state index is 0.385. The molecule has 0 aliphatic carbocycles. The van der Waals surface area contributed by atoms with Crippen molar-refractivity contribution in [2.75, 3.05) is 18.5 Å². The monoisotopic (exact) mass is 284 g/mol. The van der Waals surface area contributed by atoms with Gasteiger partial charge in [-0.15, -0.1) is 0 Å². The van der Waals surface area contributed by atoms with Gasteiger partial charge >= 0.3 is 0 Å². The zero-order chi connectivity index (χ0) is 11.5. The molecule has 0 amide bonds. The summed E-state index contributed by atoms with van der Waals surface area (Å²) >= 11 is 3.56. The molecule has 0 N–H and O–H groups in total. The highest BCUT2D eigenvalue weighted by Crippen LogP contribution is 2.27. The molecule has 88 valence electrons. The Hall–Kier alpha value is -0.610. The SMILES string of the molecule is CC(C)n1nccc1C1=C(CBr)CCOC1. The van der Waals surface area contributed by atoms with Crippen molar-refractivity contribution >= 4 is 21.5 Å². The van der Waals surface area contributed by atoms with E-state index in [0.717, 1.165) is 18.4 Å². The van der Waals surface area contributed by atoms with Crippen molar-refractivity contribution in [1.29, 1.82) is 0 Å². The number of rotatable bonds is 3. The Morgan fingerprint density at radius 2 is 2.38 bits per heavy atom. The second-order valence-electron chi connectivity index (χ2n) is 4.27. The van der Waals surface area contributed by atoms with Crippen molar-refractivity contribution in [2.45, 2.75) is 26.3 Å². The van der Waals surface area contributed by atoms with Crippen LogP contribution in [0.3, 0.4) is 0 Å². The molecule has 3 nitrogen and oxygen atoms in total. The Kier molecular flexibility index (Phi) is 3.82. The summed E-state index contributed by atoms with van der Waals surface area (Å²) in [6.07, 6.45) is 2.88. The molecule has 4 heteroatoms. The van der Waals surface area contributed by atoms with E-state index in [1.54, 1.807) is 0 Å². The van der Waals surface area contributed by atoms with Crippen LogP contribution in [0.2, 0.25) is 0 Å². The van der Waals surface area contributed by atoms with Crippen molar-refractivity contribution in [3.05, 3.63) is 23.5 Å². The lowest BCUT2D eigenvalue weighted by atomic mass is 10.0. The molecule has 16 heavy (non-hydrogen) atoms. The number of halogens is 1. The normalized spacial score (nSPS) is 17.2. The van der Waals surface area contributed by atoms with Gasteiger partial charge < -0.3 is 4.74 Å². The average Bonchev–Trinajstić information content (AvgIpc) is 2.77. The summed E-state index contributed by atoms with van der Waals surface area (Å²) in [7, 11) is 0. The first-order valence-electron chi connectivity index (χ1n) is 5.62. The van der Waals surface area contributed by atoms with E-state index < -0.39 is 0 Å². The molecule has 1 aromatic rings. The van der Waals surface area contributed by atoms with Gasteiger partial charge in [-0.3, -0.25) is 4.68 Å². The summed E-state index contributed by atoms with van der Waals surface area (Å²) in [4.78, 5) is 0. The third-order valence-electron chi connectivity index (χ3n) is 2.85. The van der Waals surface area contributed by atoms with Gasteiger partial charge in [0.15, 0.2) is 0 Å². The zero-order valence-electron chi connectivity index (χ0n) is 9.74. The largest absolute Gasteiger partial charge is 0.376 e. The van der Waals surface area contributed by atoms with E-state index in [0.29, 0.717) is 12.6 Å². The molecule has 0 bridgehead atoms. The first-order valence-corrected chi connectivity index (χ1v) is 6.74. The van der Waals surface area contributed by atoms with Crippen molar-refractivity contribution in [3.8, 4) is 0 Å². The van der Waals surface area contributed by atoms with Crippen molar-refractivity contribution in [1.82, 2.24) is 9.78 Å². The summed E-state index contributed by atoms with van der Waals surface area (Å²) in [5, 5.41) is 5.30. The Balaban J connectivity index is 2.41. The van der Waals surface area contributed by atoms with Gasteiger partial charge in [-0.05, 0) is 31.9 Å². The Bertz CT molecular complexity index is 395. The van der Waals surface area contributed by atoms with Gasteiger partial charge in [0.1, 0.15) is 0 Å². The van der Waals surface area contributed by atoms with Crippen molar-refractivity contribution in [3.63, 3.8) is 0 Å². The van der Waals surface area contributed by atoms with Gasteiger partial charge in [0.05, 0.1) is 18.9 Å². The molecular weight excluding hydrogens is 268 g/mol. The van der Waals surface area contributed by atoms with E-state index in [1.165, 1.54) is 16.8 Å². The van der Waals surface area contributed by atoms with Gasteiger partial charge in [-0.25, -0.2) is 0 Å². The van der Waals surface area contributed by atoms with Crippen LogP contribution in [0.4, 0.5) is 0 Å². The molecule has 0 atom stereocenters. The van der Waals surface area contributed by atoms with Crippen LogP contribution in [0.25, 0.3) is 5.57 Å². The highest BCUT2D eigenvalue weighted by atomic mass is 79.9. The quantitative estimate of drug-likeness (QED) is 0.798. The third-order valence-corrected chi connectivity index (χ3v) is 3.53. The van der Waals surface area contributed by atoms with E-state index >= 15 is 0 Å². The van der Waals surface area contributed by atoms with E-state index in [4.69, 9.17) is 4.74 Å². The second-order valence-corrected chi connectivity index (χ2v) is 4.83. The van der Waals surface area contributed by atoms with Gasteiger partial charge in [0.25, 0.3) is 0 Å². The Labute approximate surface area is 105 Å². The number of ether oxygens (including phenoxy) is 1. The number of alkyl halides is 1. The predicted octanol–water partition coefficient (Wildman–Crippen LogP) is 3.03. The molecule has 0 aromatic carbocycles. The molecule has 0 fully saturated rings. The number of aromatic nitrogens is 2. The maximum absolute atomic E-state index is 5.55. The molecule has 0 saturated heterocycles. The molecule has 0 radical (unpaired) electrons. The van der Waals surface area contributed by atoms with Crippen LogP contribution >= 0.6 is 15.9 Å². The van der Waals surface area contributed by atoms with Gasteiger partial charge in [0, 0.05) is 23.1 Å². The number of hydrogen-bond acceptors (Lipinski definition) is 2. The zero-order valence-corrected chi connectivity index (χ0v) is 11.3. The van der Waals surface area contributed by atoms with Gasteiger partial charge in [-0.2, -0.15) is 5.10 Å². The standard InChI is InChI=1S/C12H17BrN2O/c1-9(2)15-12(3-5-14-15)11-8-16-6-4-10(11)7-13/h3,5,9H,4,6-8H2,1-2H3. The van der Waals surface area contributed by atoms with Crippen LogP contribution in [0.1, 0.15) is 32.0 Å². The average molecular weight is 285 g/mol. The van der Waals surface area contributed by atoms with E-state index in [9.17, 15) is 0 Å². The minimum absolute atomic E-state index is 0.385. The Morgan fingerprint density at radius 1 is 1.56 bits per heavy atom.